The Morgan fingerprint density at radius 2 is 1.74 bits per heavy atom. The van der Waals surface area contributed by atoms with Crippen LogP contribution < -0.4 is 14.8 Å². The van der Waals surface area contributed by atoms with Gasteiger partial charge in [-0.05, 0) is 43.2 Å². The maximum Gasteiger partial charge on any atom is 0.251 e. The normalized spacial score (nSPS) is 17.2. The van der Waals surface area contributed by atoms with E-state index < -0.39 is 5.79 Å². The summed E-state index contributed by atoms with van der Waals surface area (Å²) in [5.41, 5.74) is 3.08. The van der Waals surface area contributed by atoms with Crippen molar-refractivity contribution < 1.29 is 9.47 Å². The molecule has 1 saturated carbocycles. The molecule has 138 valence electrons. The van der Waals surface area contributed by atoms with E-state index in [-0.39, 0.29) is 0 Å². The molecule has 2 aromatic heterocycles. The summed E-state index contributed by atoms with van der Waals surface area (Å²) >= 11 is 0. The molecule has 1 aromatic carbocycles. The highest BCUT2D eigenvalue weighted by atomic mass is 16.7. The van der Waals surface area contributed by atoms with Crippen LogP contribution in [0.25, 0.3) is 5.69 Å². The number of rotatable bonds is 4. The van der Waals surface area contributed by atoms with E-state index in [0.717, 1.165) is 54.3 Å². The van der Waals surface area contributed by atoms with E-state index in [0.29, 0.717) is 6.54 Å². The maximum atomic E-state index is 6.22. The molecule has 0 radical (unpaired) electrons. The van der Waals surface area contributed by atoms with Crippen LogP contribution in [0, 0.1) is 0 Å². The van der Waals surface area contributed by atoms with E-state index in [1.165, 1.54) is 6.42 Å². The molecule has 3 aromatic rings. The number of hydrogen-bond acceptors (Lipinski definition) is 5. The lowest BCUT2D eigenvalue weighted by molar-refractivity contribution is -0.105. The van der Waals surface area contributed by atoms with Crippen molar-refractivity contribution in [3.63, 3.8) is 0 Å². The largest absolute Gasteiger partial charge is 0.448 e. The van der Waals surface area contributed by atoms with Crippen molar-refractivity contribution >= 4 is 5.69 Å². The van der Waals surface area contributed by atoms with Gasteiger partial charge in [0.25, 0.3) is 5.79 Å². The van der Waals surface area contributed by atoms with Gasteiger partial charge in [-0.25, -0.2) is 4.68 Å². The molecule has 0 atom stereocenters. The monoisotopic (exact) mass is 362 g/mol. The third kappa shape index (κ3) is 3.12. The van der Waals surface area contributed by atoms with Crippen LogP contribution in [0.2, 0.25) is 0 Å². The first-order valence-electron chi connectivity index (χ1n) is 9.51. The van der Waals surface area contributed by atoms with E-state index >= 15 is 0 Å². The second kappa shape index (κ2) is 6.61. The van der Waals surface area contributed by atoms with E-state index in [1.807, 2.05) is 47.3 Å². The zero-order chi connectivity index (χ0) is 18.1. The van der Waals surface area contributed by atoms with E-state index in [9.17, 15) is 0 Å². The number of aromatic nitrogens is 3. The van der Waals surface area contributed by atoms with Crippen LogP contribution in [0.15, 0.2) is 55.0 Å². The second-order valence-electron chi connectivity index (χ2n) is 7.13. The standard InChI is InChI=1S/C21H22N4O2/c1-2-9-21(10-3-1)26-19-5-4-16(14-20(19)27-21)23-15-18-8-13-24-25(18)17-6-11-22-12-7-17/h4-8,11-14,23H,1-3,9-10,15H2. The Hall–Kier alpha value is -3.02. The Morgan fingerprint density at radius 1 is 0.926 bits per heavy atom. The van der Waals surface area contributed by atoms with Gasteiger partial charge in [0.1, 0.15) is 0 Å². The van der Waals surface area contributed by atoms with Gasteiger partial charge in [-0.1, -0.05) is 6.42 Å². The first-order chi connectivity index (χ1) is 13.3. The minimum Gasteiger partial charge on any atom is -0.448 e. The number of fused-ring (bicyclic) bond motifs is 1. The van der Waals surface area contributed by atoms with Crippen LogP contribution >= 0.6 is 0 Å². The summed E-state index contributed by atoms with van der Waals surface area (Å²) in [6, 6.07) is 12.0. The van der Waals surface area contributed by atoms with Crippen LogP contribution in [0.4, 0.5) is 5.69 Å². The Labute approximate surface area is 158 Å². The molecule has 1 fully saturated rings. The fourth-order valence-electron chi connectivity index (χ4n) is 3.87. The van der Waals surface area contributed by atoms with Gasteiger partial charge in [0.2, 0.25) is 0 Å². The Balaban J connectivity index is 1.30. The molecule has 1 aliphatic heterocycles. The number of nitrogens with one attached hydrogen (secondary N) is 1. The van der Waals surface area contributed by atoms with Crippen molar-refractivity contribution in [3.8, 4) is 17.2 Å². The molecular weight excluding hydrogens is 340 g/mol. The van der Waals surface area contributed by atoms with Crippen LogP contribution in [-0.4, -0.2) is 20.6 Å². The van der Waals surface area contributed by atoms with Gasteiger partial charge in [0, 0.05) is 43.2 Å². The summed E-state index contributed by atoms with van der Waals surface area (Å²) in [7, 11) is 0. The maximum absolute atomic E-state index is 6.22. The minimum atomic E-state index is -0.431. The number of anilines is 1. The molecule has 1 spiro atoms. The van der Waals surface area contributed by atoms with E-state index in [1.54, 1.807) is 12.4 Å². The van der Waals surface area contributed by atoms with Crippen LogP contribution in [0.1, 0.15) is 37.8 Å². The number of ether oxygens (including phenoxy) is 2. The first-order valence-corrected chi connectivity index (χ1v) is 9.51. The lowest BCUT2D eigenvalue weighted by atomic mass is 9.94. The molecule has 6 heteroatoms. The fourth-order valence-corrected chi connectivity index (χ4v) is 3.87. The van der Waals surface area contributed by atoms with Gasteiger partial charge in [-0.3, -0.25) is 4.98 Å². The summed E-state index contributed by atoms with van der Waals surface area (Å²) < 4.78 is 14.3. The first kappa shape index (κ1) is 16.2. The minimum absolute atomic E-state index is 0.431. The molecule has 27 heavy (non-hydrogen) atoms. The third-order valence-electron chi connectivity index (χ3n) is 5.25. The summed E-state index contributed by atoms with van der Waals surface area (Å²) in [5, 5.41) is 7.88. The van der Waals surface area contributed by atoms with Crippen LogP contribution in [0.3, 0.4) is 0 Å². The molecule has 1 aliphatic carbocycles. The predicted molar refractivity (Wildman–Crippen MR) is 102 cm³/mol. The zero-order valence-electron chi connectivity index (χ0n) is 15.1. The molecule has 0 saturated heterocycles. The number of nitrogens with zero attached hydrogens (tertiary/aromatic N) is 3. The average Bonchev–Trinajstić information content (AvgIpc) is 3.31. The SMILES string of the molecule is c1cc(-n2nccc2CNc2ccc3c(c2)OC2(CCCCC2)O3)ccn1. The van der Waals surface area contributed by atoms with Gasteiger partial charge in [0.05, 0.1) is 17.9 Å². The molecule has 6 nitrogen and oxygen atoms in total. The molecule has 1 N–H and O–H groups in total. The number of pyridine rings is 1. The van der Waals surface area contributed by atoms with Crippen molar-refractivity contribution in [3.05, 3.63) is 60.7 Å². The Morgan fingerprint density at radius 3 is 2.59 bits per heavy atom. The zero-order valence-corrected chi connectivity index (χ0v) is 15.1. The van der Waals surface area contributed by atoms with Gasteiger partial charge in [-0.2, -0.15) is 5.10 Å². The fraction of sp³-hybridized carbons (Fsp3) is 0.333. The van der Waals surface area contributed by atoms with Crippen LogP contribution in [0.5, 0.6) is 11.5 Å². The smallest absolute Gasteiger partial charge is 0.251 e. The molecule has 5 rings (SSSR count). The topological polar surface area (TPSA) is 61.2 Å². The average molecular weight is 362 g/mol. The van der Waals surface area contributed by atoms with Gasteiger partial charge in [-0.15, -0.1) is 0 Å². The summed E-state index contributed by atoms with van der Waals surface area (Å²) in [4.78, 5) is 4.07. The number of hydrogen-bond donors (Lipinski definition) is 1. The molecule has 0 unspecified atom stereocenters. The lowest BCUT2D eigenvalue weighted by Crippen LogP contribution is -2.40. The second-order valence-corrected chi connectivity index (χ2v) is 7.13. The highest BCUT2D eigenvalue weighted by Crippen LogP contribution is 2.46. The molecule has 3 heterocycles. The van der Waals surface area contributed by atoms with Crippen LogP contribution in [-0.2, 0) is 6.54 Å². The Bertz CT molecular complexity index is 932. The van der Waals surface area contributed by atoms with Gasteiger partial charge < -0.3 is 14.8 Å². The molecule has 0 amide bonds. The van der Waals surface area contributed by atoms with Gasteiger partial charge in [0.15, 0.2) is 11.5 Å². The van der Waals surface area contributed by atoms with E-state index in [2.05, 4.69) is 15.4 Å². The van der Waals surface area contributed by atoms with Crippen molar-refractivity contribution in [1.82, 2.24) is 14.8 Å². The quantitative estimate of drug-likeness (QED) is 0.749. The van der Waals surface area contributed by atoms with Crippen molar-refractivity contribution in [2.75, 3.05) is 5.32 Å². The van der Waals surface area contributed by atoms with Gasteiger partial charge >= 0.3 is 0 Å². The predicted octanol–water partition coefficient (Wildman–Crippen LogP) is 4.31. The summed E-state index contributed by atoms with van der Waals surface area (Å²) in [6.45, 7) is 0.660. The summed E-state index contributed by atoms with van der Waals surface area (Å²) in [5.74, 6) is 1.26. The highest BCUT2D eigenvalue weighted by molar-refractivity contribution is 5.56. The Kier molecular flexibility index (Phi) is 3.96. The van der Waals surface area contributed by atoms with Crippen molar-refractivity contribution in [2.45, 2.75) is 44.4 Å². The number of benzene rings is 1. The lowest BCUT2D eigenvalue weighted by Gasteiger charge is -2.31. The van der Waals surface area contributed by atoms with E-state index in [4.69, 9.17) is 9.47 Å². The third-order valence-corrected chi connectivity index (χ3v) is 5.25. The van der Waals surface area contributed by atoms with Crippen molar-refractivity contribution in [1.29, 1.82) is 0 Å². The molecule has 0 bridgehead atoms. The summed E-state index contributed by atoms with van der Waals surface area (Å²) in [6.07, 6.45) is 10.9. The van der Waals surface area contributed by atoms with Crippen molar-refractivity contribution in [2.24, 2.45) is 0 Å². The molecular formula is C21H22N4O2. The highest BCUT2D eigenvalue weighted by Gasteiger charge is 2.42. The molecule has 2 aliphatic rings.